The van der Waals surface area contributed by atoms with Crippen LogP contribution in [0.2, 0.25) is 0 Å². The van der Waals surface area contributed by atoms with E-state index < -0.39 is 6.04 Å². The van der Waals surface area contributed by atoms with Crippen LogP contribution in [0.1, 0.15) is 23.2 Å². The van der Waals surface area contributed by atoms with Crippen molar-refractivity contribution < 1.29 is 4.79 Å². The molecule has 0 aliphatic carbocycles. The van der Waals surface area contributed by atoms with Gasteiger partial charge in [0, 0.05) is 19.2 Å². The van der Waals surface area contributed by atoms with Gasteiger partial charge in [0.2, 0.25) is 11.0 Å². The molecule has 0 saturated carbocycles. The Morgan fingerprint density at radius 2 is 2.12 bits per heavy atom. The summed E-state index contributed by atoms with van der Waals surface area (Å²) in [5, 5.41) is 12.0. The highest BCUT2D eigenvalue weighted by Crippen LogP contribution is 2.15. The lowest BCUT2D eigenvalue weighted by molar-refractivity contribution is -0.117. The number of nitrogens with one attached hydrogen (secondary N) is 1. The van der Waals surface area contributed by atoms with E-state index in [4.69, 9.17) is 5.73 Å². The van der Waals surface area contributed by atoms with Gasteiger partial charge in [-0.2, -0.15) is 0 Å². The number of nitrogens with two attached hydrogens (primary N) is 1. The second kappa shape index (κ2) is 8.00. The molecule has 0 radical (unpaired) electrons. The minimum absolute atomic E-state index is 0.281. The molecule has 0 saturated heterocycles. The fraction of sp³-hybridized carbons (Fsp3) is 0.294. The zero-order valence-electron chi connectivity index (χ0n) is 13.9. The summed E-state index contributed by atoms with van der Waals surface area (Å²) in [6.07, 6.45) is 4.83. The monoisotopic (exact) mass is 356 g/mol. The molecule has 0 bridgehead atoms. The average molecular weight is 356 g/mol. The number of carbonyl (C=O) groups is 1. The Hall–Kier alpha value is -2.58. The molecule has 3 rings (SSSR count). The van der Waals surface area contributed by atoms with Gasteiger partial charge in [-0.15, -0.1) is 10.2 Å². The predicted molar refractivity (Wildman–Crippen MR) is 97.4 cm³/mol. The molecule has 25 heavy (non-hydrogen) atoms. The fourth-order valence-electron chi connectivity index (χ4n) is 2.36. The zero-order chi connectivity index (χ0) is 17.6. The number of anilines is 1. The minimum Gasteiger partial charge on any atom is -0.333 e. The summed E-state index contributed by atoms with van der Waals surface area (Å²) < 4.78 is 1.98. The van der Waals surface area contributed by atoms with E-state index in [2.05, 4.69) is 32.6 Å². The molecule has 1 aromatic carbocycles. The van der Waals surface area contributed by atoms with Crippen molar-refractivity contribution in [2.75, 3.05) is 5.32 Å². The molecule has 2 aromatic heterocycles. The topological polar surface area (TPSA) is 98.7 Å². The largest absolute Gasteiger partial charge is 0.333 e. The van der Waals surface area contributed by atoms with Crippen molar-refractivity contribution in [2.45, 2.75) is 32.4 Å². The lowest BCUT2D eigenvalue weighted by Gasteiger charge is -2.08. The summed E-state index contributed by atoms with van der Waals surface area (Å²) in [4.78, 5) is 16.5. The number of benzene rings is 1. The molecule has 1 atom stereocenters. The van der Waals surface area contributed by atoms with Gasteiger partial charge in [-0.3, -0.25) is 10.1 Å². The Morgan fingerprint density at radius 3 is 2.84 bits per heavy atom. The van der Waals surface area contributed by atoms with Gasteiger partial charge in [0.05, 0.1) is 18.1 Å². The van der Waals surface area contributed by atoms with Crippen LogP contribution in [-0.4, -0.2) is 31.7 Å². The standard InChI is InChI=1S/C17H20N6OS/c1-2-15-21-22-17(25-15)20-16(24)14(18)8-13-10-23(11-19-13)9-12-6-4-3-5-7-12/h3-7,10-11,14H,2,8-9,18H2,1H3,(H,20,22,24)/t14-/m0/s1. The maximum atomic E-state index is 12.2. The van der Waals surface area contributed by atoms with E-state index >= 15 is 0 Å². The Bertz CT molecular complexity index is 829. The van der Waals surface area contributed by atoms with Gasteiger partial charge < -0.3 is 10.3 Å². The first-order valence-electron chi connectivity index (χ1n) is 8.07. The smallest absolute Gasteiger partial charge is 0.243 e. The van der Waals surface area contributed by atoms with Crippen molar-refractivity contribution >= 4 is 22.4 Å². The molecule has 0 aliphatic rings. The fourth-order valence-corrected chi connectivity index (χ4v) is 3.04. The molecule has 130 valence electrons. The van der Waals surface area contributed by atoms with Gasteiger partial charge in [0.25, 0.3) is 0 Å². The van der Waals surface area contributed by atoms with Crippen molar-refractivity contribution in [2.24, 2.45) is 5.73 Å². The van der Waals surface area contributed by atoms with E-state index in [-0.39, 0.29) is 5.91 Å². The second-order valence-corrected chi connectivity index (χ2v) is 6.74. The van der Waals surface area contributed by atoms with Gasteiger partial charge in [-0.05, 0) is 12.0 Å². The molecule has 2 heterocycles. The lowest BCUT2D eigenvalue weighted by Crippen LogP contribution is -2.37. The van der Waals surface area contributed by atoms with Crippen molar-refractivity contribution in [1.82, 2.24) is 19.7 Å². The van der Waals surface area contributed by atoms with Gasteiger partial charge in [-0.25, -0.2) is 4.98 Å². The van der Waals surface area contributed by atoms with Gasteiger partial charge in [-0.1, -0.05) is 48.6 Å². The Balaban J connectivity index is 1.55. The normalized spacial score (nSPS) is 12.1. The van der Waals surface area contributed by atoms with Crippen LogP contribution in [0.3, 0.4) is 0 Å². The summed E-state index contributed by atoms with van der Waals surface area (Å²) in [6, 6.07) is 9.43. The van der Waals surface area contributed by atoms with Crippen LogP contribution >= 0.6 is 11.3 Å². The quantitative estimate of drug-likeness (QED) is 0.673. The molecule has 0 unspecified atom stereocenters. The first-order valence-corrected chi connectivity index (χ1v) is 8.89. The van der Waals surface area contributed by atoms with Crippen molar-refractivity contribution in [3.63, 3.8) is 0 Å². The van der Waals surface area contributed by atoms with Gasteiger partial charge in [0.15, 0.2) is 0 Å². The van der Waals surface area contributed by atoms with E-state index in [1.54, 1.807) is 6.33 Å². The highest BCUT2D eigenvalue weighted by molar-refractivity contribution is 7.15. The third kappa shape index (κ3) is 4.71. The van der Waals surface area contributed by atoms with E-state index in [0.717, 1.165) is 23.7 Å². The molecular formula is C17H20N6OS. The molecule has 0 spiro atoms. The third-order valence-electron chi connectivity index (χ3n) is 3.66. The van der Waals surface area contributed by atoms with Crippen LogP contribution in [0, 0.1) is 0 Å². The van der Waals surface area contributed by atoms with Gasteiger partial charge >= 0.3 is 0 Å². The summed E-state index contributed by atoms with van der Waals surface area (Å²) in [5.74, 6) is -0.281. The minimum atomic E-state index is -0.686. The maximum Gasteiger partial charge on any atom is 0.243 e. The highest BCUT2D eigenvalue weighted by atomic mass is 32.1. The molecule has 7 nitrogen and oxygen atoms in total. The van der Waals surface area contributed by atoms with Crippen LogP contribution in [-0.2, 0) is 24.2 Å². The zero-order valence-corrected chi connectivity index (χ0v) is 14.7. The molecule has 8 heteroatoms. The number of aryl methyl sites for hydroxylation is 1. The molecule has 3 N–H and O–H groups in total. The number of amides is 1. The van der Waals surface area contributed by atoms with Crippen molar-refractivity contribution in [3.05, 3.63) is 59.1 Å². The number of hydrogen-bond donors (Lipinski definition) is 2. The molecular weight excluding hydrogens is 336 g/mol. The number of hydrogen-bond acceptors (Lipinski definition) is 6. The number of aromatic nitrogens is 4. The number of carbonyl (C=O) groups excluding carboxylic acids is 1. The molecule has 0 aliphatic heterocycles. The molecule has 1 amide bonds. The maximum absolute atomic E-state index is 12.2. The highest BCUT2D eigenvalue weighted by Gasteiger charge is 2.17. The Labute approximate surface area is 149 Å². The first kappa shape index (κ1) is 17.2. The first-order chi connectivity index (χ1) is 12.1. The van der Waals surface area contributed by atoms with E-state index in [0.29, 0.717) is 11.6 Å². The SMILES string of the molecule is CCc1nnc(NC(=O)[C@@H](N)Cc2cn(Cc3ccccc3)cn2)s1. The van der Waals surface area contributed by atoms with Crippen LogP contribution < -0.4 is 11.1 Å². The van der Waals surface area contributed by atoms with Crippen LogP contribution in [0.5, 0.6) is 0 Å². The lowest BCUT2D eigenvalue weighted by atomic mass is 10.1. The van der Waals surface area contributed by atoms with Crippen molar-refractivity contribution in [1.29, 1.82) is 0 Å². The summed E-state index contributed by atoms with van der Waals surface area (Å²) >= 11 is 1.36. The number of rotatable bonds is 7. The Morgan fingerprint density at radius 1 is 1.32 bits per heavy atom. The summed E-state index contributed by atoms with van der Waals surface area (Å²) in [6.45, 7) is 2.73. The average Bonchev–Trinajstić information content (AvgIpc) is 3.25. The predicted octanol–water partition coefficient (Wildman–Crippen LogP) is 1.85. The van der Waals surface area contributed by atoms with E-state index in [9.17, 15) is 4.79 Å². The van der Waals surface area contributed by atoms with Crippen LogP contribution in [0.15, 0.2) is 42.9 Å². The summed E-state index contributed by atoms with van der Waals surface area (Å²) in [5.41, 5.74) is 7.97. The van der Waals surface area contributed by atoms with E-state index in [1.165, 1.54) is 16.9 Å². The number of imidazole rings is 1. The Kier molecular flexibility index (Phi) is 5.52. The van der Waals surface area contributed by atoms with Crippen LogP contribution in [0.4, 0.5) is 5.13 Å². The van der Waals surface area contributed by atoms with Gasteiger partial charge in [0.1, 0.15) is 5.01 Å². The third-order valence-corrected chi connectivity index (χ3v) is 4.64. The molecule has 0 fully saturated rings. The molecule has 3 aromatic rings. The second-order valence-electron chi connectivity index (χ2n) is 5.68. The van der Waals surface area contributed by atoms with Crippen molar-refractivity contribution in [3.8, 4) is 0 Å². The number of nitrogens with zero attached hydrogens (tertiary/aromatic N) is 4. The van der Waals surface area contributed by atoms with E-state index in [1.807, 2.05) is 35.9 Å². The summed E-state index contributed by atoms with van der Waals surface area (Å²) in [7, 11) is 0. The van der Waals surface area contributed by atoms with Crippen LogP contribution in [0.25, 0.3) is 0 Å².